The Balaban J connectivity index is 1.79. The van der Waals surface area contributed by atoms with E-state index < -0.39 is 10.0 Å². The minimum atomic E-state index is -3.51. The van der Waals surface area contributed by atoms with Crippen molar-refractivity contribution in [3.63, 3.8) is 0 Å². The maximum atomic E-state index is 12.9. The van der Waals surface area contributed by atoms with Gasteiger partial charge in [0.05, 0.1) is 12.2 Å². The first-order valence-electron chi connectivity index (χ1n) is 8.18. The lowest BCUT2D eigenvalue weighted by atomic mass is 9.81. The predicted octanol–water partition coefficient (Wildman–Crippen LogP) is 0.983. The van der Waals surface area contributed by atoms with Crippen LogP contribution in [-0.4, -0.2) is 54.8 Å². The number of hydrogen-bond acceptors (Lipinski definition) is 5. The molecule has 0 radical (unpaired) electrons. The van der Waals surface area contributed by atoms with Gasteiger partial charge in [0, 0.05) is 38.5 Å². The van der Waals surface area contributed by atoms with E-state index in [2.05, 4.69) is 5.10 Å². The maximum absolute atomic E-state index is 12.9. The summed E-state index contributed by atoms with van der Waals surface area (Å²) in [5, 5.41) is 4.28. The normalized spacial score (nSPS) is 27.2. The van der Waals surface area contributed by atoms with E-state index >= 15 is 0 Å². The van der Waals surface area contributed by atoms with Gasteiger partial charge in [0.1, 0.15) is 4.90 Å². The number of hydrogen-bond donors (Lipinski definition) is 1. The molecule has 8 heteroatoms. The third-order valence-electron chi connectivity index (χ3n) is 5.06. The molecule has 0 bridgehead atoms. The summed E-state index contributed by atoms with van der Waals surface area (Å²) >= 11 is 0. The number of ether oxygens (including phenoxy) is 1. The molecule has 1 aromatic rings. The zero-order chi connectivity index (χ0) is 16.7. The molecule has 1 unspecified atom stereocenters. The highest BCUT2D eigenvalue weighted by Gasteiger charge is 2.39. The number of rotatable bonds is 3. The summed E-state index contributed by atoms with van der Waals surface area (Å²) in [4.78, 5) is 0.273. The van der Waals surface area contributed by atoms with Gasteiger partial charge >= 0.3 is 0 Å². The van der Waals surface area contributed by atoms with Gasteiger partial charge in [-0.3, -0.25) is 4.68 Å². The molecule has 0 spiro atoms. The molecule has 0 aliphatic carbocycles. The molecule has 2 aliphatic rings. The third kappa shape index (κ3) is 3.31. The second kappa shape index (κ2) is 6.16. The topological polar surface area (TPSA) is 90.5 Å². The lowest BCUT2D eigenvalue weighted by Crippen LogP contribution is -2.53. The fourth-order valence-corrected chi connectivity index (χ4v) is 4.85. The smallest absolute Gasteiger partial charge is 0.246 e. The van der Waals surface area contributed by atoms with Crippen molar-refractivity contribution in [2.24, 2.45) is 11.1 Å². The van der Waals surface area contributed by atoms with Gasteiger partial charge in [0.15, 0.2) is 0 Å². The van der Waals surface area contributed by atoms with E-state index in [4.69, 9.17) is 10.5 Å². The average molecular weight is 342 g/mol. The fraction of sp³-hybridized carbons (Fsp3) is 0.800. The van der Waals surface area contributed by atoms with Gasteiger partial charge < -0.3 is 10.5 Å². The summed E-state index contributed by atoms with van der Waals surface area (Å²) in [6.45, 7) is 6.35. The molecule has 23 heavy (non-hydrogen) atoms. The van der Waals surface area contributed by atoms with Crippen molar-refractivity contribution in [2.75, 3.05) is 26.3 Å². The Hall–Kier alpha value is -0.960. The first-order valence-corrected chi connectivity index (χ1v) is 9.62. The molecule has 3 heterocycles. The lowest BCUT2D eigenvalue weighted by Gasteiger charge is -2.41. The van der Waals surface area contributed by atoms with Crippen LogP contribution in [0, 0.1) is 5.41 Å². The summed E-state index contributed by atoms with van der Waals surface area (Å²) in [5.41, 5.74) is 5.89. The van der Waals surface area contributed by atoms with Gasteiger partial charge in [0.2, 0.25) is 10.0 Å². The molecule has 0 saturated carbocycles. The second-order valence-corrected chi connectivity index (χ2v) is 9.16. The molecular formula is C15H26N4O3S. The molecule has 3 rings (SSSR count). The van der Waals surface area contributed by atoms with Crippen LogP contribution >= 0.6 is 0 Å². The molecule has 1 aromatic heterocycles. The standard InChI is InChI=1S/C15H26N4O3S/c1-15(2)11-18(6-3-14(15)16)23(20,21)13-9-17-19(10-13)12-4-7-22-8-5-12/h9-10,12,14H,3-8,11,16H2,1-2H3. The summed E-state index contributed by atoms with van der Waals surface area (Å²) < 4.78 is 34.4. The number of piperidine rings is 1. The summed E-state index contributed by atoms with van der Waals surface area (Å²) in [6.07, 6.45) is 5.54. The van der Waals surface area contributed by atoms with Crippen LogP contribution in [0.4, 0.5) is 0 Å². The van der Waals surface area contributed by atoms with E-state index in [1.165, 1.54) is 6.20 Å². The first kappa shape index (κ1) is 16.9. The lowest BCUT2D eigenvalue weighted by molar-refractivity contribution is 0.0662. The van der Waals surface area contributed by atoms with Crippen molar-refractivity contribution in [1.29, 1.82) is 0 Å². The molecule has 130 valence electrons. The monoisotopic (exact) mass is 342 g/mol. The number of aromatic nitrogens is 2. The van der Waals surface area contributed by atoms with E-state index in [1.54, 1.807) is 15.2 Å². The van der Waals surface area contributed by atoms with Gasteiger partial charge in [-0.25, -0.2) is 8.42 Å². The highest BCUT2D eigenvalue weighted by atomic mass is 32.2. The first-order chi connectivity index (χ1) is 10.8. The predicted molar refractivity (Wildman–Crippen MR) is 86.4 cm³/mol. The van der Waals surface area contributed by atoms with Gasteiger partial charge in [0.25, 0.3) is 0 Å². The van der Waals surface area contributed by atoms with Crippen LogP contribution in [0.15, 0.2) is 17.3 Å². The van der Waals surface area contributed by atoms with E-state index in [9.17, 15) is 8.42 Å². The largest absolute Gasteiger partial charge is 0.381 e. The van der Waals surface area contributed by atoms with Crippen molar-refractivity contribution in [1.82, 2.24) is 14.1 Å². The van der Waals surface area contributed by atoms with Gasteiger partial charge in [-0.2, -0.15) is 9.40 Å². The highest BCUT2D eigenvalue weighted by Crippen LogP contribution is 2.31. The quantitative estimate of drug-likeness (QED) is 0.884. The Kier molecular flexibility index (Phi) is 4.52. The molecule has 0 aromatic carbocycles. The summed E-state index contributed by atoms with van der Waals surface area (Å²) in [7, 11) is -3.51. The minimum absolute atomic E-state index is 0.0268. The fourth-order valence-electron chi connectivity index (χ4n) is 3.28. The minimum Gasteiger partial charge on any atom is -0.381 e. The maximum Gasteiger partial charge on any atom is 0.246 e. The van der Waals surface area contributed by atoms with Crippen LogP contribution in [0.2, 0.25) is 0 Å². The van der Waals surface area contributed by atoms with Crippen LogP contribution in [0.1, 0.15) is 39.2 Å². The molecule has 2 saturated heterocycles. The van der Waals surface area contributed by atoms with Crippen LogP contribution in [0.3, 0.4) is 0 Å². The van der Waals surface area contributed by atoms with Crippen molar-refractivity contribution < 1.29 is 13.2 Å². The number of sulfonamides is 1. The van der Waals surface area contributed by atoms with Crippen LogP contribution in [-0.2, 0) is 14.8 Å². The van der Waals surface area contributed by atoms with Crippen molar-refractivity contribution >= 4 is 10.0 Å². The van der Waals surface area contributed by atoms with Crippen molar-refractivity contribution in [2.45, 2.75) is 50.1 Å². The Morgan fingerprint density at radius 2 is 2.00 bits per heavy atom. The molecule has 0 amide bonds. The van der Waals surface area contributed by atoms with E-state index in [0.29, 0.717) is 32.7 Å². The molecule has 2 N–H and O–H groups in total. The van der Waals surface area contributed by atoms with E-state index in [1.807, 2.05) is 13.8 Å². The van der Waals surface area contributed by atoms with Crippen LogP contribution in [0.25, 0.3) is 0 Å². The third-order valence-corrected chi connectivity index (χ3v) is 6.86. The molecule has 2 fully saturated rings. The van der Waals surface area contributed by atoms with Crippen molar-refractivity contribution in [3.05, 3.63) is 12.4 Å². The van der Waals surface area contributed by atoms with E-state index in [0.717, 1.165) is 12.8 Å². The second-order valence-electron chi connectivity index (χ2n) is 7.22. The molecule has 2 aliphatic heterocycles. The number of nitrogens with zero attached hydrogens (tertiary/aromatic N) is 3. The molecule has 7 nitrogen and oxygen atoms in total. The average Bonchev–Trinajstić information content (AvgIpc) is 3.01. The van der Waals surface area contributed by atoms with Gasteiger partial charge in [-0.15, -0.1) is 0 Å². The molecular weight excluding hydrogens is 316 g/mol. The van der Waals surface area contributed by atoms with Gasteiger partial charge in [-0.1, -0.05) is 13.8 Å². The van der Waals surface area contributed by atoms with Crippen LogP contribution < -0.4 is 5.73 Å². The Labute approximate surface area is 137 Å². The van der Waals surface area contributed by atoms with Crippen molar-refractivity contribution in [3.8, 4) is 0 Å². The zero-order valence-corrected chi connectivity index (χ0v) is 14.6. The summed E-state index contributed by atoms with van der Waals surface area (Å²) in [5.74, 6) is 0. The zero-order valence-electron chi connectivity index (χ0n) is 13.8. The Morgan fingerprint density at radius 3 is 2.65 bits per heavy atom. The Bertz CT molecular complexity index is 649. The molecule has 1 atom stereocenters. The summed E-state index contributed by atoms with van der Waals surface area (Å²) in [6, 6.07) is 0.248. The Morgan fingerprint density at radius 1 is 1.30 bits per heavy atom. The van der Waals surface area contributed by atoms with E-state index in [-0.39, 0.29) is 22.4 Å². The van der Waals surface area contributed by atoms with Gasteiger partial charge in [-0.05, 0) is 24.7 Å². The number of nitrogens with two attached hydrogens (primary N) is 1. The SMILES string of the molecule is CC1(C)CN(S(=O)(=O)c2cnn(C3CCOCC3)c2)CCC1N. The highest BCUT2D eigenvalue weighted by molar-refractivity contribution is 7.89. The van der Waals surface area contributed by atoms with Crippen LogP contribution in [0.5, 0.6) is 0 Å².